The van der Waals surface area contributed by atoms with Gasteiger partial charge in [0.25, 0.3) is 5.91 Å². The number of nitrogens with zero attached hydrogens (tertiary/aromatic N) is 2. The van der Waals surface area contributed by atoms with Crippen LogP contribution in [0.25, 0.3) is 11.1 Å². The lowest BCUT2D eigenvalue weighted by Gasteiger charge is -2.15. The predicted molar refractivity (Wildman–Crippen MR) is 92.7 cm³/mol. The molecule has 0 N–H and O–H groups in total. The number of benzene rings is 2. The fourth-order valence-corrected chi connectivity index (χ4v) is 2.97. The molecule has 0 spiro atoms. The average Bonchev–Trinajstić information content (AvgIpc) is 3.20. The van der Waals surface area contributed by atoms with E-state index >= 15 is 0 Å². The van der Waals surface area contributed by atoms with Crippen LogP contribution in [0.3, 0.4) is 0 Å². The number of esters is 1. The summed E-state index contributed by atoms with van der Waals surface area (Å²) in [6.07, 6.45) is 1.99. The normalized spacial score (nSPS) is 13.3. The fourth-order valence-electron chi connectivity index (χ4n) is 2.97. The number of carbonyl (C=O) groups is 2. The van der Waals surface area contributed by atoms with Gasteiger partial charge in [-0.25, -0.2) is 4.79 Å². The van der Waals surface area contributed by atoms with Gasteiger partial charge in [0.1, 0.15) is 0 Å². The van der Waals surface area contributed by atoms with Crippen molar-refractivity contribution in [3.8, 4) is 17.2 Å². The first-order chi connectivity index (χ1) is 12.2. The Labute approximate surface area is 146 Å². The van der Waals surface area contributed by atoms with Gasteiger partial charge in [0.05, 0.1) is 17.2 Å². The second-order valence-electron chi connectivity index (χ2n) is 5.87. The molecule has 3 rings (SSSR count). The highest BCUT2D eigenvalue weighted by molar-refractivity contribution is 5.98. The number of rotatable bonds is 4. The molecule has 0 unspecified atom stereocenters. The molecule has 0 radical (unpaired) electrons. The average molecular weight is 334 g/mol. The molecule has 126 valence electrons. The summed E-state index contributed by atoms with van der Waals surface area (Å²) in [7, 11) is 0. The molecule has 1 amide bonds. The van der Waals surface area contributed by atoms with Crippen molar-refractivity contribution in [2.45, 2.75) is 12.8 Å². The predicted octanol–water partition coefficient (Wildman–Crippen LogP) is 3.00. The van der Waals surface area contributed by atoms with Crippen LogP contribution in [0.5, 0.6) is 0 Å². The Balaban J connectivity index is 1.79. The van der Waals surface area contributed by atoms with Gasteiger partial charge in [-0.15, -0.1) is 0 Å². The zero-order chi connectivity index (χ0) is 17.6. The van der Waals surface area contributed by atoms with E-state index in [2.05, 4.69) is 6.07 Å². The van der Waals surface area contributed by atoms with Crippen LogP contribution in [-0.4, -0.2) is 36.5 Å². The molecule has 0 aromatic heterocycles. The van der Waals surface area contributed by atoms with Gasteiger partial charge in [0.2, 0.25) is 0 Å². The molecule has 1 saturated heterocycles. The van der Waals surface area contributed by atoms with Crippen molar-refractivity contribution in [2.24, 2.45) is 0 Å². The van der Waals surface area contributed by atoms with Crippen molar-refractivity contribution in [1.29, 1.82) is 5.26 Å². The number of carbonyl (C=O) groups excluding carboxylic acids is 2. The molecule has 1 aliphatic rings. The molecule has 1 aliphatic heterocycles. The minimum Gasteiger partial charge on any atom is -0.452 e. The Morgan fingerprint density at radius 1 is 1.00 bits per heavy atom. The lowest BCUT2D eigenvalue weighted by Crippen LogP contribution is -2.32. The first-order valence-corrected chi connectivity index (χ1v) is 8.24. The molecule has 5 nitrogen and oxygen atoms in total. The van der Waals surface area contributed by atoms with Crippen molar-refractivity contribution >= 4 is 11.9 Å². The maximum absolute atomic E-state index is 12.5. The number of nitriles is 1. The van der Waals surface area contributed by atoms with Gasteiger partial charge in [-0.3, -0.25) is 4.79 Å². The lowest BCUT2D eigenvalue weighted by atomic mass is 9.96. The van der Waals surface area contributed by atoms with Crippen molar-refractivity contribution < 1.29 is 14.3 Å². The van der Waals surface area contributed by atoms with Crippen LogP contribution in [0.15, 0.2) is 48.5 Å². The fraction of sp³-hybridized carbons (Fsp3) is 0.250. The number of hydrogen-bond donors (Lipinski definition) is 0. The van der Waals surface area contributed by atoms with E-state index < -0.39 is 5.97 Å². The number of likely N-dealkylation sites (tertiary alicyclic amines) is 1. The Morgan fingerprint density at radius 2 is 1.64 bits per heavy atom. The molecular formula is C20H18N2O3. The molecule has 5 heteroatoms. The van der Waals surface area contributed by atoms with Crippen LogP contribution >= 0.6 is 0 Å². The highest BCUT2D eigenvalue weighted by atomic mass is 16.5. The zero-order valence-electron chi connectivity index (χ0n) is 13.8. The number of amides is 1. The smallest absolute Gasteiger partial charge is 0.339 e. The van der Waals surface area contributed by atoms with E-state index in [1.165, 1.54) is 0 Å². The Hall–Kier alpha value is -3.13. The van der Waals surface area contributed by atoms with Gasteiger partial charge in [0, 0.05) is 18.7 Å². The first-order valence-electron chi connectivity index (χ1n) is 8.24. The van der Waals surface area contributed by atoms with Crippen LogP contribution < -0.4 is 0 Å². The Kier molecular flexibility index (Phi) is 5.10. The van der Waals surface area contributed by atoms with Crippen molar-refractivity contribution in [1.82, 2.24) is 4.90 Å². The molecule has 2 aromatic rings. The summed E-state index contributed by atoms with van der Waals surface area (Å²) in [5.41, 5.74) is 2.12. The van der Waals surface area contributed by atoms with E-state index in [9.17, 15) is 14.9 Å². The summed E-state index contributed by atoms with van der Waals surface area (Å²) in [6, 6.07) is 16.2. The SMILES string of the molecule is N#Cc1ccccc1-c1ccccc1C(=O)OCC(=O)N1CCCC1. The largest absolute Gasteiger partial charge is 0.452 e. The zero-order valence-corrected chi connectivity index (χ0v) is 13.8. The van der Waals surface area contributed by atoms with Gasteiger partial charge >= 0.3 is 5.97 Å². The van der Waals surface area contributed by atoms with E-state index in [0.717, 1.165) is 25.9 Å². The van der Waals surface area contributed by atoms with Gasteiger partial charge < -0.3 is 9.64 Å². The lowest BCUT2D eigenvalue weighted by molar-refractivity contribution is -0.133. The van der Waals surface area contributed by atoms with E-state index in [1.54, 1.807) is 47.4 Å². The third-order valence-corrected chi connectivity index (χ3v) is 4.27. The quantitative estimate of drug-likeness (QED) is 0.806. The van der Waals surface area contributed by atoms with Gasteiger partial charge in [-0.05, 0) is 30.5 Å². The van der Waals surface area contributed by atoms with E-state index in [1.807, 2.05) is 6.07 Å². The summed E-state index contributed by atoms with van der Waals surface area (Å²) < 4.78 is 5.22. The van der Waals surface area contributed by atoms with Crippen LogP contribution in [0.2, 0.25) is 0 Å². The van der Waals surface area contributed by atoms with Gasteiger partial charge in [-0.1, -0.05) is 36.4 Å². The molecule has 0 saturated carbocycles. The molecule has 25 heavy (non-hydrogen) atoms. The first kappa shape index (κ1) is 16.7. The van der Waals surface area contributed by atoms with Crippen LogP contribution in [0.1, 0.15) is 28.8 Å². The standard InChI is InChI=1S/C20H18N2O3/c21-13-15-7-1-2-8-16(15)17-9-3-4-10-18(17)20(24)25-14-19(23)22-11-5-6-12-22/h1-4,7-10H,5-6,11-12,14H2. The monoisotopic (exact) mass is 334 g/mol. The second kappa shape index (κ2) is 7.63. The summed E-state index contributed by atoms with van der Waals surface area (Å²) in [5.74, 6) is -0.725. The third-order valence-electron chi connectivity index (χ3n) is 4.27. The highest BCUT2D eigenvalue weighted by Crippen LogP contribution is 2.27. The van der Waals surface area contributed by atoms with Crippen molar-refractivity contribution in [3.63, 3.8) is 0 Å². The number of ether oxygens (including phenoxy) is 1. The maximum atomic E-state index is 12.5. The molecule has 2 aromatic carbocycles. The summed E-state index contributed by atoms with van der Waals surface area (Å²) >= 11 is 0. The molecule has 0 bridgehead atoms. The summed E-state index contributed by atoms with van der Waals surface area (Å²) in [4.78, 5) is 26.2. The Bertz CT molecular complexity index is 833. The van der Waals surface area contributed by atoms with E-state index in [0.29, 0.717) is 22.3 Å². The topological polar surface area (TPSA) is 70.4 Å². The summed E-state index contributed by atoms with van der Waals surface area (Å²) in [6.45, 7) is 1.19. The molecular weight excluding hydrogens is 316 g/mol. The van der Waals surface area contributed by atoms with Gasteiger partial charge in [0.15, 0.2) is 6.61 Å². The van der Waals surface area contributed by atoms with Crippen LogP contribution in [-0.2, 0) is 9.53 Å². The van der Waals surface area contributed by atoms with Crippen LogP contribution in [0.4, 0.5) is 0 Å². The summed E-state index contributed by atoms with van der Waals surface area (Å²) in [5, 5.41) is 9.29. The second-order valence-corrected chi connectivity index (χ2v) is 5.87. The van der Waals surface area contributed by atoms with E-state index in [4.69, 9.17) is 4.74 Å². The highest BCUT2D eigenvalue weighted by Gasteiger charge is 2.21. The van der Waals surface area contributed by atoms with Crippen molar-refractivity contribution in [2.75, 3.05) is 19.7 Å². The maximum Gasteiger partial charge on any atom is 0.339 e. The molecule has 1 heterocycles. The Morgan fingerprint density at radius 3 is 2.36 bits per heavy atom. The van der Waals surface area contributed by atoms with E-state index in [-0.39, 0.29) is 12.5 Å². The molecule has 1 fully saturated rings. The third kappa shape index (κ3) is 3.69. The molecule has 0 aliphatic carbocycles. The van der Waals surface area contributed by atoms with Crippen LogP contribution in [0, 0.1) is 11.3 Å². The number of hydrogen-bond acceptors (Lipinski definition) is 4. The molecule has 0 atom stereocenters. The van der Waals surface area contributed by atoms with Gasteiger partial charge in [-0.2, -0.15) is 5.26 Å². The minimum absolute atomic E-state index is 0.166. The van der Waals surface area contributed by atoms with Crippen molar-refractivity contribution in [3.05, 3.63) is 59.7 Å². The minimum atomic E-state index is -0.559.